The van der Waals surface area contributed by atoms with Gasteiger partial charge < -0.3 is 14.9 Å². The van der Waals surface area contributed by atoms with Crippen molar-refractivity contribution in [2.75, 3.05) is 6.54 Å². The van der Waals surface area contributed by atoms with Gasteiger partial charge in [0.25, 0.3) is 11.5 Å². The molecule has 0 saturated carbocycles. The van der Waals surface area contributed by atoms with Crippen LogP contribution in [0.5, 0.6) is 0 Å². The molecule has 2 N–H and O–H groups in total. The highest BCUT2D eigenvalue weighted by Crippen LogP contribution is 2.15. The molecule has 6 heteroatoms. The SMILES string of the molecule is O=C(NCC(Cc1cccc(F)c1)n1cccc1)c1ccc[nH]c1=O. The van der Waals surface area contributed by atoms with Gasteiger partial charge in [-0.15, -0.1) is 0 Å². The van der Waals surface area contributed by atoms with Crippen LogP contribution in [0, 0.1) is 5.82 Å². The lowest BCUT2D eigenvalue weighted by atomic mass is 10.1. The van der Waals surface area contributed by atoms with E-state index in [0.717, 1.165) is 5.56 Å². The highest BCUT2D eigenvalue weighted by atomic mass is 19.1. The molecule has 5 nitrogen and oxygen atoms in total. The minimum Gasteiger partial charge on any atom is -0.350 e. The third-order valence-corrected chi connectivity index (χ3v) is 3.97. The van der Waals surface area contributed by atoms with Crippen molar-refractivity contribution in [3.63, 3.8) is 0 Å². The van der Waals surface area contributed by atoms with Gasteiger partial charge in [-0.3, -0.25) is 9.59 Å². The van der Waals surface area contributed by atoms with Crippen molar-refractivity contribution in [1.29, 1.82) is 0 Å². The average Bonchev–Trinajstić information content (AvgIpc) is 3.13. The fourth-order valence-electron chi connectivity index (χ4n) is 2.72. The maximum absolute atomic E-state index is 13.4. The number of nitrogens with zero attached hydrogens (tertiary/aromatic N) is 1. The van der Waals surface area contributed by atoms with E-state index in [-0.39, 0.29) is 17.4 Å². The quantitative estimate of drug-likeness (QED) is 0.725. The van der Waals surface area contributed by atoms with E-state index in [1.165, 1.54) is 24.4 Å². The largest absolute Gasteiger partial charge is 0.350 e. The normalized spacial score (nSPS) is 11.9. The van der Waals surface area contributed by atoms with Gasteiger partial charge in [0, 0.05) is 25.1 Å². The Labute approximate surface area is 144 Å². The summed E-state index contributed by atoms with van der Waals surface area (Å²) in [5.41, 5.74) is 0.479. The van der Waals surface area contributed by atoms with Gasteiger partial charge in [-0.25, -0.2) is 4.39 Å². The number of hydrogen-bond acceptors (Lipinski definition) is 2. The second-order valence-corrected chi connectivity index (χ2v) is 5.74. The van der Waals surface area contributed by atoms with Crippen LogP contribution in [0.4, 0.5) is 4.39 Å². The molecule has 1 atom stereocenters. The van der Waals surface area contributed by atoms with E-state index in [1.54, 1.807) is 12.1 Å². The monoisotopic (exact) mass is 339 g/mol. The zero-order chi connectivity index (χ0) is 17.6. The fourth-order valence-corrected chi connectivity index (χ4v) is 2.72. The number of H-pyrrole nitrogens is 1. The number of aromatic nitrogens is 2. The lowest BCUT2D eigenvalue weighted by molar-refractivity contribution is 0.0946. The average molecular weight is 339 g/mol. The summed E-state index contributed by atoms with van der Waals surface area (Å²) in [6, 6.07) is 13.2. The highest BCUT2D eigenvalue weighted by Gasteiger charge is 2.15. The molecule has 1 aromatic carbocycles. The van der Waals surface area contributed by atoms with E-state index in [9.17, 15) is 14.0 Å². The molecule has 0 radical (unpaired) electrons. The van der Waals surface area contributed by atoms with Crippen LogP contribution in [0.15, 0.2) is 71.9 Å². The Morgan fingerprint density at radius 3 is 2.68 bits per heavy atom. The molecule has 0 bridgehead atoms. The van der Waals surface area contributed by atoms with E-state index in [1.807, 2.05) is 35.2 Å². The van der Waals surface area contributed by atoms with Crippen LogP contribution in [-0.4, -0.2) is 22.0 Å². The number of hydrogen-bond donors (Lipinski definition) is 2. The van der Waals surface area contributed by atoms with Crippen LogP contribution >= 0.6 is 0 Å². The number of halogens is 1. The predicted octanol–water partition coefficient (Wildman–Crippen LogP) is 2.53. The lowest BCUT2D eigenvalue weighted by Gasteiger charge is -2.20. The molecule has 2 heterocycles. The number of carbonyl (C=O) groups excluding carboxylic acids is 1. The van der Waals surface area contributed by atoms with Crippen LogP contribution in [0.25, 0.3) is 0 Å². The number of aromatic amines is 1. The summed E-state index contributed by atoms with van der Waals surface area (Å²) >= 11 is 0. The summed E-state index contributed by atoms with van der Waals surface area (Å²) in [4.78, 5) is 26.4. The Bertz CT molecular complexity index is 903. The minimum absolute atomic E-state index is 0.0690. The van der Waals surface area contributed by atoms with E-state index >= 15 is 0 Å². The first kappa shape index (κ1) is 16.7. The first-order chi connectivity index (χ1) is 12.1. The number of pyridine rings is 1. The molecule has 1 unspecified atom stereocenters. The fraction of sp³-hybridized carbons (Fsp3) is 0.158. The molecule has 2 aromatic heterocycles. The molecule has 3 rings (SSSR count). The highest BCUT2D eigenvalue weighted by molar-refractivity contribution is 5.93. The molecule has 0 aliphatic carbocycles. The maximum Gasteiger partial charge on any atom is 0.260 e. The van der Waals surface area contributed by atoms with E-state index in [2.05, 4.69) is 10.3 Å². The Hall–Kier alpha value is -3.15. The van der Waals surface area contributed by atoms with Crippen LogP contribution in [0.1, 0.15) is 22.0 Å². The molecule has 3 aromatic rings. The Morgan fingerprint density at radius 2 is 1.96 bits per heavy atom. The van der Waals surface area contributed by atoms with Gasteiger partial charge in [-0.05, 0) is 48.4 Å². The summed E-state index contributed by atoms with van der Waals surface area (Å²) in [5, 5.41) is 2.79. The second kappa shape index (κ2) is 7.61. The summed E-state index contributed by atoms with van der Waals surface area (Å²) < 4.78 is 15.4. The number of carbonyl (C=O) groups is 1. The van der Waals surface area contributed by atoms with Crippen molar-refractivity contribution in [1.82, 2.24) is 14.9 Å². The van der Waals surface area contributed by atoms with Crippen molar-refractivity contribution in [3.8, 4) is 0 Å². The summed E-state index contributed by atoms with van der Waals surface area (Å²) in [7, 11) is 0. The zero-order valence-electron chi connectivity index (χ0n) is 13.5. The Balaban J connectivity index is 1.74. The van der Waals surface area contributed by atoms with Gasteiger partial charge in [0.1, 0.15) is 11.4 Å². The number of nitrogens with one attached hydrogen (secondary N) is 2. The smallest absolute Gasteiger partial charge is 0.260 e. The molecule has 0 saturated heterocycles. The first-order valence-electron chi connectivity index (χ1n) is 7.96. The van der Waals surface area contributed by atoms with Crippen LogP contribution < -0.4 is 10.9 Å². The Morgan fingerprint density at radius 1 is 1.16 bits per heavy atom. The molecular weight excluding hydrogens is 321 g/mol. The van der Waals surface area contributed by atoms with Crippen molar-refractivity contribution in [2.45, 2.75) is 12.5 Å². The first-order valence-corrected chi connectivity index (χ1v) is 7.96. The van der Waals surface area contributed by atoms with E-state index < -0.39 is 11.5 Å². The number of rotatable bonds is 6. The molecule has 0 aliphatic rings. The Kier molecular flexibility index (Phi) is 5.09. The molecule has 25 heavy (non-hydrogen) atoms. The van der Waals surface area contributed by atoms with Crippen molar-refractivity contribution < 1.29 is 9.18 Å². The molecule has 0 spiro atoms. The topological polar surface area (TPSA) is 66.9 Å². The van der Waals surface area contributed by atoms with E-state index in [0.29, 0.717) is 13.0 Å². The summed E-state index contributed by atoms with van der Waals surface area (Å²) in [6.45, 7) is 0.318. The van der Waals surface area contributed by atoms with Crippen LogP contribution in [0.2, 0.25) is 0 Å². The third kappa shape index (κ3) is 4.23. The molecule has 0 fully saturated rings. The molecule has 128 valence electrons. The lowest BCUT2D eigenvalue weighted by Crippen LogP contribution is -2.34. The molecule has 0 aliphatic heterocycles. The van der Waals surface area contributed by atoms with Gasteiger partial charge in [-0.1, -0.05) is 12.1 Å². The molecular formula is C19H18FN3O2. The number of amides is 1. The predicted molar refractivity (Wildman–Crippen MR) is 93.0 cm³/mol. The second-order valence-electron chi connectivity index (χ2n) is 5.74. The van der Waals surface area contributed by atoms with E-state index in [4.69, 9.17) is 0 Å². The molecule has 1 amide bonds. The van der Waals surface area contributed by atoms with Crippen LogP contribution in [0.3, 0.4) is 0 Å². The summed E-state index contributed by atoms with van der Waals surface area (Å²) in [6.07, 6.45) is 5.82. The van der Waals surface area contributed by atoms with Gasteiger partial charge in [0.15, 0.2) is 0 Å². The zero-order valence-corrected chi connectivity index (χ0v) is 13.5. The third-order valence-electron chi connectivity index (χ3n) is 3.97. The number of benzene rings is 1. The van der Waals surface area contributed by atoms with Crippen LogP contribution in [-0.2, 0) is 6.42 Å². The van der Waals surface area contributed by atoms with Gasteiger partial charge in [-0.2, -0.15) is 0 Å². The minimum atomic E-state index is -0.432. The van der Waals surface area contributed by atoms with Gasteiger partial charge >= 0.3 is 0 Å². The van der Waals surface area contributed by atoms with Gasteiger partial charge in [0.2, 0.25) is 0 Å². The van der Waals surface area contributed by atoms with Crippen molar-refractivity contribution in [2.24, 2.45) is 0 Å². The van der Waals surface area contributed by atoms with Gasteiger partial charge in [0.05, 0.1) is 6.04 Å². The summed E-state index contributed by atoms with van der Waals surface area (Å²) in [5.74, 6) is -0.721. The van der Waals surface area contributed by atoms with Crippen molar-refractivity contribution in [3.05, 3.63) is 94.4 Å². The maximum atomic E-state index is 13.4. The van der Waals surface area contributed by atoms with Crippen molar-refractivity contribution >= 4 is 5.91 Å². The standard InChI is InChI=1S/C19H18FN3O2/c20-15-6-3-5-14(11-15)12-16(23-9-1-2-10-23)13-22-19(25)17-7-4-8-21-18(17)24/h1-11,16H,12-13H2,(H,21,24)(H,22,25).